The van der Waals surface area contributed by atoms with E-state index in [0.29, 0.717) is 17.1 Å². The minimum atomic E-state index is -4.35. The summed E-state index contributed by atoms with van der Waals surface area (Å²) in [7, 11) is -4.35. The number of anilines is 1. The summed E-state index contributed by atoms with van der Waals surface area (Å²) in [6.45, 7) is 1.60. The molecule has 0 bridgehead atoms. The summed E-state index contributed by atoms with van der Waals surface area (Å²) in [4.78, 5) is 29.5. The Balaban J connectivity index is 1.81. The van der Waals surface area contributed by atoms with Gasteiger partial charge in [0.05, 0.1) is 25.7 Å². The van der Waals surface area contributed by atoms with Gasteiger partial charge in [0.15, 0.2) is 0 Å². The van der Waals surface area contributed by atoms with Crippen LogP contribution in [0.2, 0.25) is 15.1 Å². The zero-order valence-electron chi connectivity index (χ0n) is 25.0. The van der Waals surface area contributed by atoms with Gasteiger partial charge in [0.2, 0.25) is 11.8 Å². The Morgan fingerprint density at radius 3 is 2.13 bits per heavy atom. The number of carbonyl (C=O) groups excluding carboxylic acids is 2. The van der Waals surface area contributed by atoms with Crippen LogP contribution in [0, 0.1) is 5.82 Å². The second-order valence-corrected chi connectivity index (χ2v) is 13.6. The van der Waals surface area contributed by atoms with Crippen LogP contribution < -0.4 is 9.62 Å². The number of hydrogen-bond donors (Lipinski definition) is 1. The Morgan fingerprint density at radius 1 is 0.826 bits per heavy atom. The van der Waals surface area contributed by atoms with E-state index in [0.717, 1.165) is 34.8 Å². The number of amides is 2. The maximum absolute atomic E-state index is 14.5. The molecule has 0 aliphatic heterocycles. The predicted molar refractivity (Wildman–Crippen MR) is 181 cm³/mol. The van der Waals surface area contributed by atoms with E-state index in [1.165, 1.54) is 23.1 Å². The normalized spacial score (nSPS) is 11.9. The topological polar surface area (TPSA) is 86.8 Å². The Bertz CT molecular complexity index is 1760. The summed E-state index contributed by atoms with van der Waals surface area (Å²) >= 11 is 18.5. The predicted octanol–water partition coefficient (Wildman–Crippen LogP) is 7.54. The van der Waals surface area contributed by atoms with E-state index in [-0.39, 0.29) is 33.6 Å². The molecule has 0 saturated carbocycles. The number of sulfonamides is 1. The van der Waals surface area contributed by atoms with Crippen molar-refractivity contribution in [2.24, 2.45) is 0 Å². The first-order valence-electron chi connectivity index (χ1n) is 14.6. The van der Waals surface area contributed by atoms with Crippen LogP contribution in [-0.4, -0.2) is 44.3 Å². The highest BCUT2D eigenvalue weighted by Crippen LogP contribution is 2.29. The maximum atomic E-state index is 14.5. The molecule has 4 rings (SSSR count). The van der Waals surface area contributed by atoms with Crippen LogP contribution in [0.3, 0.4) is 0 Å². The molecule has 0 unspecified atom stereocenters. The van der Waals surface area contributed by atoms with Crippen molar-refractivity contribution < 1.29 is 22.4 Å². The van der Waals surface area contributed by atoms with E-state index in [1.54, 1.807) is 36.4 Å². The van der Waals surface area contributed by atoms with Crippen LogP contribution in [0.15, 0.2) is 102 Å². The number of nitrogens with zero attached hydrogens (tertiary/aromatic N) is 2. The molecule has 12 heteroatoms. The fourth-order valence-corrected chi connectivity index (χ4v) is 6.71. The first-order chi connectivity index (χ1) is 22.0. The van der Waals surface area contributed by atoms with Crippen molar-refractivity contribution in [3.05, 3.63) is 129 Å². The number of unbranched alkanes of at least 4 members (excludes halogenated alkanes) is 1. The summed E-state index contributed by atoms with van der Waals surface area (Å²) in [6.07, 6.45) is 1.74. The second-order valence-electron chi connectivity index (χ2n) is 10.5. The van der Waals surface area contributed by atoms with Crippen molar-refractivity contribution >= 4 is 62.3 Å². The van der Waals surface area contributed by atoms with Crippen LogP contribution in [0.1, 0.15) is 30.9 Å². The minimum Gasteiger partial charge on any atom is -0.354 e. The first-order valence-corrected chi connectivity index (χ1v) is 17.2. The average Bonchev–Trinajstić information content (AvgIpc) is 3.05. The van der Waals surface area contributed by atoms with E-state index in [4.69, 9.17) is 34.8 Å². The fourth-order valence-electron chi connectivity index (χ4n) is 4.78. The van der Waals surface area contributed by atoms with E-state index < -0.39 is 40.2 Å². The summed E-state index contributed by atoms with van der Waals surface area (Å²) in [5, 5.41) is 3.18. The zero-order valence-corrected chi connectivity index (χ0v) is 28.1. The molecule has 1 N–H and O–H groups in total. The third-order valence-corrected chi connectivity index (χ3v) is 10.1. The van der Waals surface area contributed by atoms with Gasteiger partial charge in [-0.15, -0.1) is 0 Å². The molecule has 7 nitrogen and oxygen atoms in total. The van der Waals surface area contributed by atoms with Gasteiger partial charge in [-0.1, -0.05) is 103 Å². The highest BCUT2D eigenvalue weighted by molar-refractivity contribution is 7.92. The monoisotopic (exact) mass is 703 g/mol. The smallest absolute Gasteiger partial charge is 0.264 e. The molecule has 0 aliphatic rings. The zero-order chi connectivity index (χ0) is 33.3. The lowest BCUT2D eigenvalue weighted by atomic mass is 10.0. The van der Waals surface area contributed by atoms with Crippen LogP contribution >= 0.6 is 34.8 Å². The quantitative estimate of drug-likeness (QED) is 0.138. The molecular weight excluding hydrogens is 672 g/mol. The molecule has 0 fully saturated rings. The van der Waals surface area contributed by atoms with Crippen LogP contribution in [-0.2, 0) is 32.6 Å². The second kappa shape index (κ2) is 16.3. The molecule has 0 heterocycles. The number of nitrogens with one attached hydrogen (secondary N) is 1. The molecule has 0 spiro atoms. The van der Waals surface area contributed by atoms with Gasteiger partial charge in [0.1, 0.15) is 18.4 Å². The average molecular weight is 705 g/mol. The van der Waals surface area contributed by atoms with Crippen molar-refractivity contribution in [2.75, 3.05) is 17.4 Å². The Morgan fingerprint density at radius 2 is 1.50 bits per heavy atom. The van der Waals surface area contributed by atoms with Gasteiger partial charge in [0.25, 0.3) is 10.0 Å². The van der Waals surface area contributed by atoms with Gasteiger partial charge in [-0.05, 0) is 60.0 Å². The van der Waals surface area contributed by atoms with Crippen molar-refractivity contribution in [2.45, 2.75) is 43.7 Å². The number of rotatable bonds is 14. The van der Waals surface area contributed by atoms with Crippen molar-refractivity contribution in [1.82, 2.24) is 10.2 Å². The van der Waals surface area contributed by atoms with E-state index in [2.05, 4.69) is 5.32 Å². The van der Waals surface area contributed by atoms with E-state index in [1.807, 2.05) is 37.3 Å². The highest BCUT2D eigenvalue weighted by atomic mass is 35.5. The molecule has 0 aromatic heterocycles. The van der Waals surface area contributed by atoms with E-state index >= 15 is 0 Å². The number of carbonyl (C=O) groups is 2. The molecule has 1 atom stereocenters. The lowest BCUT2D eigenvalue weighted by Crippen LogP contribution is -2.53. The Labute approximate surface area is 283 Å². The molecule has 2 amide bonds. The van der Waals surface area contributed by atoms with Gasteiger partial charge in [-0.25, -0.2) is 12.8 Å². The van der Waals surface area contributed by atoms with Crippen molar-refractivity contribution in [1.29, 1.82) is 0 Å². The molecule has 4 aromatic carbocycles. The molecular formula is C34H33Cl3FN3O4S. The van der Waals surface area contributed by atoms with Crippen molar-refractivity contribution in [3.8, 4) is 0 Å². The van der Waals surface area contributed by atoms with Gasteiger partial charge >= 0.3 is 0 Å². The molecule has 242 valence electrons. The summed E-state index contributed by atoms with van der Waals surface area (Å²) < 4.78 is 43.0. The van der Waals surface area contributed by atoms with Crippen LogP contribution in [0.5, 0.6) is 0 Å². The molecule has 46 heavy (non-hydrogen) atoms. The maximum Gasteiger partial charge on any atom is 0.264 e. The van der Waals surface area contributed by atoms with Crippen molar-refractivity contribution in [3.63, 3.8) is 0 Å². The third kappa shape index (κ3) is 9.00. The standard InChI is InChI=1S/C34H33Cl3FN3O4S/c1-2-3-18-39-34(43)32(20-24-10-6-4-7-11-24)40(22-25-14-16-28(35)29(36)19-25)33(42)23-41(26-15-17-31(38)30(37)21-26)46(44,45)27-12-8-5-9-13-27/h4-17,19,21,32H,2-3,18,20,22-23H2,1H3,(H,39,43)/t32-/m1/s1. The summed E-state index contributed by atoms with van der Waals surface area (Å²) in [5.74, 6) is -1.83. The van der Waals surface area contributed by atoms with Gasteiger partial charge in [0, 0.05) is 19.5 Å². The molecule has 4 aromatic rings. The fraction of sp³-hybridized carbons (Fsp3) is 0.235. The Kier molecular flexibility index (Phi) is 12.5. The third-order valence-electron chi connectivity index (χ3n) is 7.24. The molecule has 0 saturated heterocycles. The van der Waals surface area contributed by atoms with Crippen LogP contribution in [0.4, 0.5) is 10.1 Å². The van der Waals surface area contributed by atoms with E-state index in [9.17, 15) is 22.4 Å². The minimum absolute atomic E-state index is 0.0231. The highest BCUT2D eigenvalue weighted by Gasteiger charge is 2.35. The summed E-state index contributed by atoms with van der Waals surface area (Å²) in [5.41, 5.74) is 1.35. The van der Waals surface area contributed by atoms with Gasteiger partial charge in [-0.2, -0.15) is 0 Å². The SMILES string of the molecule is CCCCNC(=O)[C@@H](Cc1ccccc1)N(Cc1ccc(Cl)c(Cl)c1)C(=O)CN(c1ccc(F)c(Cl)c1)S(=O)(=O)c1ccccc1. The molecule has 0 radical (unpaired) electrons. The number of halogens is 4. The number of hydrogen-bond acceptors (Lipinski definition) is 4. The van der Waals surface area contributed by atoms with Crippen LogP contribution in [0.25, 0.3) is 0 Å². The summed E-state index contributed by atoms with van der Waals surface area (Å²) in [6, 6.07) is 24.0. The Hall–Kier alpha value is -3.63. The largest absolute Gasteiger partial charge is 0.354 e. The first kappa shape index (κ1) is 35.2. The van der Waals surface area contributed by atoms with Gasteiger partial charge < -0.3 is 10.2 Å². The lowest BCUT2D eigenvalue weighted by Gasteiger charge is -2.34. The van der Waals surface area contributed by atoms with Gasteiger partial charge in [-0.3, -0.25) is 13.9 Å². The molecule has 0 aliphatic carbocycles. The lowest BCUT2D eigenvalue weighted by molar-refractivity contribution is -0.140. The number of benzene rings is 4.